The molecule has 102 valence electrons. The van der Waals surface area contributed by atoms with Crippen molar-refractivity contribution < 1.29 is 19.4 Å². The van der Waals surface area contributed by atoms with Gasteiger partial charge in [0.05, 0.1) is 0 Å². The molecule has 0 aliphatic carbocycles. The molecule has 0 aliphatic heterocycles. The highest BCUT2D eigenvalue weighted by atomic mass is 32.2. The maximum absolute atomic E-state index is 11.0. The van der Waals surface area contributed by atoms with Gasteiger partial charge in [0.1, 0.15) is 12.6 Å². The maximum atomic E-state index is 11.0. The second kappa shape index (κ2) is 10.5. The molecule has 10 heteroatoms. The van der Waals surface area contributed by atoms with Gasteiger partial charge in [0.2, 0.25) is 0 Å². The van der Waals surface area contributed by atoms with Crippen LogP contribution < -0.4 is 11.1 Å². The van der Waals surface area contributed by atoms with Crippen LogP contribution in [0.2, 0.25) is 0 Å². The largest absolute Gasteiger partial charge is 0.480 e. The fourth-order valence-corrected chi connectivity index (χ4v) is 1.54. The molecule has 0 bridgehead atoms. The highest BCUT2D eigenvalue weighted by Crippen LogP contribution is 2.01. The molecule has 0 unspecified atom stereocenters. The number of aliphatic carboxylic acids is 1. The number of nitrogens with zero attached hydrogens (tertiary/aromatic N) is 3. The zero-order chi connectivity index (χ0) is 13.8. The summed E-state index contributed by atoms with van der Waals surface area (Å²) in [6.07, 6.45) is -0.605. The first kappa shape index (κ1) is 16.4. The molecule has 9 nitrogen and oxygen atoms in total. The number of alkyl carbamates (subject to hydrolysis) is 1. The highest BCUT2D eigenvalue weighted by molar-refractivity contribution is 7.99. The van der Waals surface area contributed by atoms with E-state index < -0.39 is 18.1 Å². The minimum absolute atomic E-state index is 0.157. The number of carboxylic acids is 1. The number of nitrogens with one attached hydrogen (secondary N) is 1. The van der Waals surface area contributed by atoms with Gasteiger partial charge in [-0.15, -0.1) is 0 Å². The van der Waals surface area contributed by atoms with Crippen LogP contribution in [-0.2, 0) is 9.53 Å². The van der Waals surface area contributed by atoms with Crippen LogP contribution in [0.25, 0.3) is 10.4 Å². The zero-order valence-electron chi connectivity index (χ0n) is 9.61. The van der Waals surface area contributed by atoms with E-state index in [9.17, 15) is 9.59 Å². The van der Waals surface area contributed by atoms with Gasteiger partial charge < -0.3 is 20.9 Å². The number of amides is 1. The zero-order valence-corrected chi connectivity index (χ0v) is 10.4. The van der Waals surface area contributed by atoms with E-state index in [1.165, 1.54) is 11.8 Å². The van der Waals surface area contributed by atoms with Crippen molar-refractivity contribution >= 4 is 23.8 Å². The molecule has 0 aromatic carbocycles. The maximum Gasteiger partial charge on any atom is 0.407 e. The van der Waals surface area contributed by atoms with Gasteiger partial charge in [0.15, 0.2) is 0 Å². The van der Waals surface area contributed by atoms with Crippen molar-refractivity contribution in [2.75, 3.05) is 31.2 Å². The Morgan fingerprint density at radius 2 is 2.33 bits per heavy atom. The highest BCUT2D eigenvalue weighted by Gasteiger charge is 2.10. The van der Waals surface area contributed by atoms with Crippen LogP contribution >= 0.6 is 11.8 Å². The number of carbonyl (C=O) groups excluding carboxylic acids is 1. The summed E-state index contributed by atoms with van der Waals surface area (Å²) in [6, 6.07) is -0.910. The topological polar surface area (TPSA) is 150 Å². The Bertz CT molecular complexity index is 321. The second-order valence-corrected chi connectivity index (χ2v) is 4.19. The van der Waals surface area contributed by atoms with E-state index in [-0.39, 0.29) is 25.4 Å². The molecular formula is C8H15N5O4S. The normalized spacial score (nSPS) is 11.2. The third-order valence-corrected chi connectivity index (χ3v) is 2.67. The van der Waals surface area contributed by atoms with Crippen LogP contribution in [0.3, 0.4) is 0 Å². The smallest absolute Gasteiger partial charge is 0.407 e. The third-order valence-electron chi connectivity index (χ3n) is 1.62. The number of carbonyl (C=O) groups is 2. The molecule has 4 N–H and O–H groups in total. The van der Waals surface area contributed by atoms with E-state index in [2.05, 4.69) is 15.3 Å². The lowest BCUT2D eigenvalue weighted by atomic mass is 10.4. The van der Waals surface area contributed by atoms with E-state index in [0.717, 1.165) is 0 Å². The number of hydrogen-bond acceptors (Lipinski definition) is 6. The van der Waals surface area contributed by atoms with Crippen LogP contribution in [0.15, 0.2) is 5.11 Å². The number of ether oxygens (including phenoxy) is 1. The quantitative estimate of drug-likeness (QED) is 0.236. The Hall–Kier alpha value is -1.64. The molecule has 1 amide bonds. The predicted molar refractivity (Wildman–Crippen MR) is 66.3 cm³/mol. The number of thioether (sulfide) groups is 1. The molecule has 0 radical (unpaired) electrons. The van der Waals surface area contributed by atoms with Crippen LogP contribution in [0.1, 0.15) is 0 Å². The van der Waals surface area contributed by atoms with Crippen LogP contribution in [-0.4, -0.2) is 54.4 Å². The molecule has 18 heavy (non-hydrogen) atoms. The minimum Gasteiger partial charge on any atom is -0.480 e. The Morgan fingerprint density at radius 1 is 1.61 bits per heavy atom. The molecule has 0 saturated carbocycles. The first-order valence-electron chi connectivity index (χ1n) is 5.05. The number of carboxylic acid groups (broad SMARTS) is 1. The monoisotopic (exact) mass is 277 g/mol. The van der Waals surface area contributed by atoms with E-state index in [0.29, 0.717) is 5.75 Å². The number of azide groups is 1. The fraction of sp³-hybridized carbons (Fsp3) is 0.750. The first-order valence-corrected chi connectivity index (χ1v) is 6.21. The van der Waals surface area contributed by atoms with Crippen LogP contribution in [0, 0.1) is 0 Å². The van der Waals surface area contributed by atoms with Gasteiger partial charge in [-0.3, -0.25) is 4.79 Å². The average molecular weight is 277 g/mol. The Morgan fingerprint density at radius 3 is 2.94 bits per heavy atom. The molecule has 0 aromatic heterocycles. The Labute approximate surface area is 108 Å². The molecule has 0 fully saturated rings. The van der Waals surface area contributed by atoms with Gasteiger partial charge in [-0.05, 0) is 5.53 Å². The van der Waals surface area contributed by atoms with E-state index >= 15 is 0 Å². The summed E-state index contributed by atoms with van der Waals surface area (Å²) in [7, 11) is 0. The lowest BCUT2D eigenvalue weighted by molar-refractivity contribution is -0.137. The van der Waals surface area contributed by atoms with E-state index in [1.807, 2.05) is 0 Å². The standard InChI is InChI=1S/C8H15N5O4S/c9-6(7(14)15)5-18-4-3-17-8(16)11-1-2-12-13-10/h6H,1-5,9H2,(H,11,16)(H,14,15)/t6-/m1/s1. The summed E-state index contributed by atoms with van der Waals surface area (Å²) in [5.41, 5.74) is 13.2. The lowest BCUT2D eigenvalue weighted by Crippen LogP contribution is -2.32. The molecule has 0 spiro atoms. The summed E-state index contributed by atoms with van der Waals surface area (Å²) in [5, 5.41) is 14.1. The number of rotatable bonds is 9. The van der Waals surface area contributed by atoms with Crippen molar-refractivity contribution in [2.45, 2.75) is 6.04 Å². The summed E-state index contributed by atoms with van der Waals surface area (Å²) in [5.74, 6) is -0.332. The molecule has 0 aliphatic rings. The molecule has 0 rings (SSSR count). The second-order valence-electron chi connectivity index (χ2n) is 3.04. The van der Waals surface area contributed by atoms with Gasteiger partial charge in [-0.2, -0.15) is 11.8 Å². The molecule has 1 atom stereocenters. The third kappa shape index (κ3) is 9.58. The minimum atomic E-state index is -1.06. The number of hydrogen-bond donors (Lipinski definition) is 3. The summed E-state index contributed by atoms with van der Waals surface area (Å²) in [6.45, 7) is 0.526. The summed E-state index contributed by atoms with van der Waals surface area (Å²) in [4.78, 5) is 23.9. The molecule has 0 aromatic rings. The van der Waals surface area contributed by atoms with Crippen molar-refractivity contribution in [1.29, 1.82) is 0 Å². The summed E-state index contributed by atoms with van der Waals surface area (Å²) < 4.78 is 4.77. The van der Waals surface area contributed by atoms with E-state index in [4.69, 9.17) is 21.1 Å². The SMILES string of the molecule is [N-]=[N+]=NCCNC(=O)OCCSC[C@@H](N)C(=O)O. The van der Waals surface area contributed by atoms with E-state index in [1.54, 1.807) is 0 Å². The van der Waals surface area contributed by atoms with Gasteiger partial charge >= 0.3 is 12.1 Å². The number of nitrogens with two attached hydrogens (primary N) is 1. The average Bonchev–Trinajstić information content (AvgIpc) is 2.33. The Balaban J connectivity index is 3.40. The molecule has 0 heterocycles. The van der Waals surface area contributed by atoms with Gasteiger partial charge in [0, 0.05) is 29.5 Å². The van der Waals surface area contributed by atoms with Crippen molar-refractivity contribution in [3.05, 3.63) is 10.4 Å². The first-order chi connectivity index (χ1) is 8.57. The van der Waals surface area contributed by atoms with Crippen molar-refractivity contribution in [3.63, 3.8) is 0 Å². The van der Waals surface area contributed by atoms with Gasteiger partial charge in [0.25, 0.3) is 0 Å². The molecular weight excluding hydrogens is 262 g/mol. The van der Waals surface area contributed by atoms with Crippen molar-refractivity contribution in [1.82, 2.24) is 5.32 Å². The lowest BCUT2D eigenvalue weighted by Gasteiger charge is -2.07. The van der Waals surface area contributed by atoms with Crippen LogP contribution in [0.4, 0.5) is 4.79 Å². The molecule has 0 saturated heterocycles. The van der Waals surface area contributed by atoms with Crippen LogP contribution in [0.5, 0.6) is 0 Å². The van der Waals surface area contributed by atoms with Gasteiger partial charge in [-0.1, -0.05) is 5.11 Å². The van der Waals surface area contributed by atoms with Crippen molar-refractivity contribution in [3.8, 4) is 0 Å². The predicted octanol–water partition coefficient (Wildman–Crippen LogP) is 0.168. The summed E-state index contributed by atoms with van der Waals surface area (Å²) >= 11 is 1.29. The Kier molecular flexibility index (Phi) is 9.55. The van der Waals surface area contributed by atoms with Crippen molar-refractivity contribution in [2.24, 2.45) is 10.8 Å². The van der Waals surface area contributed by atoms with Gasteiger partial charge in [-0.25, -0.2) is 4.79 Å². The fourth-order valence-electron chi connectivity index (χ4n) is 0.779.